The summed E-state index contributed by atoms with van der Waals surface area (Å²) < 4.78 is 0. The molecule has 0 radical (unpaired) electrons. The largest absolute Gasteiger partial charge is 0.480 e. The highest BCUT2D eigenvalue weighted by molar-refractivity contribution is 5.82. The monoisotopic (exact) mass is 450 g/mol. The molecule has 0 aromatic heterocycles. The molecule has 0 aromatic rings. The zero-order valence-corrected chi connectivity index (χ0v) is 19.3. The molecule has 0 aliphatic heterocycles. The minimum Gasteiger partial charge on any atom is -0.480 e. The molecule has 0 aromatic carbocycles. The van der Waals surface area contributed by atoms with E-state index in [1.54, 1.807) is 0 Å². The first kappa shape index (κ1) is 23.8. The van der Waals surface area contributed by atoms with Gasteiger partial charge in [-0.3, -0.25) is 4.84 Å². The number of carbonyl (C=O) groups is 2. The van der Waals surface area contributed by atoms with Crippen molar-refractivity contribution in [3.05, 3.63) is 0 Å². The molecule has 6 N–H and O–H groups in total. The molecule has 2 amide bonds. The summed E-state index contributed by atoms with van der Waals surface area (Å²) in [5.74, 6) is 1.45. The van der Waals surface area contributed by atoms with Crippen molar-refractivity contribution in [3.8, 4) is 0 Å². The fourth-order valence-electron chi connectivity index (χ4n) is 6.56. The molecular formula is C24H42N4O4. The van der Waals surface area contributed by atoms with Gasteiger partial charge in [0.2, 0.25) is 0 Å². The summed E-state index contributed by atoms with van der Waals surface area (Å²) in [5.41, 5.74) is 9.10. The number of fused-ring (bicyclic) bond motifs is 2. The van der Waals surface area contributed by atoms with Crippen molar-refractivity contribution in [2.75, 3.05) is 6.61 Å². The molecule has 0 saturated heterocycles. The highest BCUT2D eigenvalue weighted by Crippen LogP contribution is 2.44. The lowest BCUT2D eigenvalue weighted by atomic mass is 9.77. The second kappa shape index (κ2) is 11.2. The zero-order valence-electron chi connectivity index (χ0n) is 19.3. The zero-order chi connectivity index (χ0) is 22.5. The Morgan fingerprint density at radius 2 is 1.72 bits per heavy atom. The summed E-state index contributed by atoms with van der Waals surface area (Å²) in [6, 6.07) is -0.817. The van der Waals surface area contributed by atoms with E-state index in [-0.39, 0.29) is 18.0 Å². The van der Waals surface area contributed by atoms with Crippen LogP contribution in [0.25, 0.3) is 0 Å². The Morgan fingerprint density at radius 1 is 0.938 bits per heavy atom. The third kappa shape index (κ3) is 6.58. The van der Waals surface area contributed by atoms with Crippen LogP contribution in [0.1, 0.15) is 83.5 Å². The molecule has 8 heteroatoms. The molecule has 4 fully saturated rings. The molecule has 0 heterocycles. The molecule has 8 nitrogen and oxygen atoms in total. The Bertz CT molecular complexity index is 635. The Balaban J connectivity index is 1.25. The third-order valence-corrected chi connectivity index (χ3v) is 8.38. The van der Waals surface area contributed by atoms with Crippen LogP contribution < -0.4 is 21.8 Å². The second-order valence-corrected chi connectivity index (χ2v) is 11.0. The first-order chi connectivity index (χ1) is 15.5. The van der Waals surface area contributed by atoms with E-state index < -0.39 is 18.0 Å². The highest BCUT2D eigenvalue weighted by Gasteiger charge is 2.39. The molecule has 4 aliphatic carbocycles. The summed E-state index contributed by atoms with van der Waals surface area (Å²) in [4.78, 5) is 30.3. The number of nitrogens with two attached hydrogens (primary N) is 1. The van der Waals surface area contributed by atoms with Crippen molar-refractivity contribution in [3.63, 3.8) is 0 Å². The summed E-state index contributed by atoms with van der Waals surface area (Å²) in [5, 5.41) is 15.3. The number of urea groups is 1. The van der Waals surface area contributed by atoms with Crippen molar-refractivity contribution in [2.45, 2.75) is 108 Å². The van der Waals surface area contributed by atoms with E-state index in [9.17, 15) is 14.7 Å². The van der Waals surface area contributed by atoms with Gasteiger partial charge in [-0.05, 0) is 68.6 Å². The van der Waals surface area contributed by atoms with Gasteiger partial charge in [-0.15, -0.1) is 0 Å². The van der Waals surface area contributed by atoms with Crippen LogP contribution in [0.15, 0.2) is 0 Å². The van der Waals surface area contributed by atoms with Crippen LogP contribution in [0, 0.1) is 23.7 Å². The number of aliphatic carboxylic acids is 1. The van der Waals surface area contributed by atoms with Gasteiger partial charge in [-0.1, -0.05) is 38.5 Å². The lowest BCUT2D eigenvalue weighted by molar-refractivity contribution is -0.139. The number of nitrogens with one attached hydrogen (secondary N) is 3. The summed E-state index contributed by atoms with van der Waals surface area (Å²) in [6.45, 7) is 0.410. The van der Waals surface area contributed by atoms with Gasteiger partial charge in [0, 0.05) is 12.1 Å². The number of hydroxylamine groups is 1. The molecule has 4 saturated carbocycles. The van der Waals surface area contributed by atoms with Gasteiger partial charge in [0.05, 0.1) is 12.6 Å². The molecule has 4 rings (SSSR count). The maximum Gasteiger partial charge on any atom is 0.326 e. The van der Waals surface area contributed by atoms with Crippen LogP contribution in [0.3, 0.4) is 0 Å². The lowest BCUT2D eigenvalue weighted by Crippen LogP contribution is -2.52. The van der Waals surface area contributed by atoms with E-state index in [0.29, 0.717) is 25.0 Å². The minimum absolute atomic E-state index is 0.129. The summed E-state index contributed by atoms with van der Waals surface area (Å²) >= 11 is 0. The standard InChI is InChI=1S/C24H42N4O4/c25-19-9-17(10-19)13-22(23(29)30)27-24(31)26-20(11-15-4-2-1-3-5-15)14-32-28-21-12-16-6-7-18(21)8-16/h15-22,28H,1-14,25H2,(H,29,30)(H2,26,27,31)/t16?,17?,18?,19?,20-,21?,22?/m1/s1. The first-order valence-electron chi connectivity index (χ1n) is 12.9. The van der Waals surface area contributed by atoms with Gasteiger partial charge >= 0.3 is 12.0 Å². The topological polar surface area (TPSA) is 126 Å². The van der Waals surface area contributed by atoms with Gasteiger partial charge in [-0.2, -0.15) is 5.48 Å². The van der Waals surface area contributed by atoms with Gasteiger partial charge in [0.25, 0.3) is 0 Å². The normalized spacial score (nSPS) is 34.0. The SMILES string of the molecule is NC1CC(CC(NC(=O)N[C@@H](CONC2CC3CCC2C3)CC2CCCCC2)C(=O)O)C1. The molecule has 2 bridgehead atoms. The van der Waals surface area contributed by atoms with Crippen LogP contribution >= 0.6 is 0 Å². The van der Waals surface area contributed by atoms with Gasteiger partial charge in [0.1, 0.15) is 6.04 Å². The number of carboxylic acids is 1. The Labute approximate surface area is 191 Å². The minimum atomic E-state index is -0.987. The Hall–Kier alpha value is -1.38. The molecular weight excluding hydrogens is 408 g/mol. The van der Waals surface area contributed by atoms with Gasteiger partial charge in [0.15, 0.2) is 0 Å². The average molecular weight is 451 g/mol. The predicted octanol–water partition coefficient (Wildman–Crippen LogP) is 2.92. The molecule has 5 atom stereocenters. The number of carbonyl (C=O) groups excluding carboxylic acids is 1. The quantitative estimate of drug-likeness (QED) is 0.308. The molecule has 0 spiro atoms. The fourth-order valence-corrected chi connectivity index (χ4v) is 6.56. The van der Waals surface area contributed by atoms with E-state index in [4.69, 9.17) is 10.6 Å². The average Bonchev–Trinajstić information content (AvgIpc) is 3.36. The van der Waals surface area contributed by atoms with Crippen molar-refractivity contribution < 1.29 is 19.5 Å². The fraction of sp³-hybridized carbons (Fsp3) is 0.917. The van der Waals surface area contributed by atoms with Crippen molar-refractivity contribution in [2.24, 2.45) is 29.4 Å². The summed E-state index contributed by atoms with van der Waals surface area (Å²) in [6.07, 6.45) is 14.3. The van der Waals surface area contributed by atoms with E-state index in [1.807, 2.05) is 0 Å². The smallest absolute Gasteiger partial charge is 0.326 e. The number of hydrogen-bond acceptors (Lipinski definition) is 5. The van der Waals surface area contributed by atoms with Crippen LogP contribution in [0.4, 0.5) is 4.79 Å². The van der Waals surface area contributed by atoms with Crippen molar-refractivity contribution >= 4 is 12.0 Å². The third-order valence-electron chi connectivity index (χ3n) is 8.38. The predicted molar refractivity (Wildman–Crippen MR) is 122 cm³/mol. The first-order valence-corrected chi connectivity index (χ1v) is 12.9. The van der Waals surface area contributed by atoms with Crippen LogP contribution in [-0.2, 0) is 9.63 Å². The van der Waals surface area contributed by atoms with Gasteiger partial charge in [-0.25, -0.2) is 9.59 Å². The Morgan fingerprint density at radius 3 is 2.34 bits per heavy atom. The molecule has 4 unspecified atom stereocenters. The van der Waals surface area contributed by atoms with E-state index in [1.165, 1.54) is 57.8 Å². The lowest BCUT2D eigenvalue weighted by Gasteiger charge is -2.34. The summed E-state index contributed by atoms with van der Waals surface area (Å²) in [7, 11) is 0. The second-order valence-electron chi connectivity index (χ2n) is 11.0. The van der Waals surface area contributed by atoms with Crippen LogP contribution in [0.2, 0.25) is 0 Å². The number of carboxylic acid groups (broad SMARTS) is 1. The van der Waals surface area contributed by atoms with E-state index in [0.717, 1.165) is 31.1 Å². The van der Waals surface area contributed by atoms with Crippen molar-refractivity contribution in [1.82, 2.24) is 16.1 Å². The molecule has 4 aliphatic rings. The van der Waals surface area contributed by atoms with Crippen LogP contribution in [-0.4, -0.2) is 47.9 Å². The number of amides is 2. The van der Waals surface area contributed by atoms with Gasteiger partial charge < -0.3 is 21.5 Å². The Kier molecular flexibility index (Phi) is 8.29. The number of hydrogen-bond donors (Lipinski definition) is 5. The van der Waals surface area contributed by atoms with Crippen LogP contribution in [0.5, 0.6) is 0 Å². The van der Waals surface area contributed by atoms with E-state index in [2.05, 4.69) is 16.1 Å². The highest BCUT2D eigenvalue weighted by atomic mass is 16.6. The maximum absolute atomic E-state index is 12.7. The molecule has 32 heavy (non-hydrogen) atoms. The number of rotatable bonds is 11. The van der Waals surface area contributed by atoms with E-state index >= 15 is 0 Å². The van der Waals surface area contributed by atoms with Crippen molar-refractivity contribution in [1.29, 1.82) is 0 Å². The molecule has 182 valence electrons. The maximum atomic E-state index is 12.7.